The fourth-order valence-corrected chi connectivity index (χ4v) is 3.17. The zero-order chi connectivity index (χ0) is 17.1. The van der Waals surface area contributed by atoms with E-state index in [0.717, 1.165) is 27.5 Å². The monoisotopic (exact) mass is 322 g/mol. The molecule has 2 aromatic carbocycles. The van der Waals surface area contributed by atoms with Crippen molar-refractivity contribution in [2.45, 2.75) is 18.8 Å². The molecule has 0 spiro atoms. The van der Waals surface area contributed by atoms with Gasteiger partial charge in [0.1, 0.15) is 6.61 Å². The van der Waals surface area contributed by atoms with Crippen molar-refractivity contribution in [1.29, 1.82) is 0 Å². The molecular weight excluding hydrogens is 304 g/mol. The minimum absolute atomic E-state index is 0.0562. The molecule has 24 heavy (non-hydrogen) atoms. The van der Waals surface area contributed by atoms with E-state index in [0.29, 0.717) is 0 Å². The van der Waals surface area contributed by atoms with Gasteiger partial charge in [0.15, 0.2) is 0 Å². The minimum Gasteiger partial charge on any atom is -0.481 e. The van der Waals surface area contributed by atoms with Gasteiger partial charge in [-0.2, -0.15) is 0 Å². The quantitative estimate of drug-likeness (QED) is 0.650. The van der Waals surface area contributed by atoms with Crippen molar-refractivity contribution in [2.75, 3.05) is 6.61 Å². The summed E-state index contributed by atoms with van der Waals surface area (Å²) in [5.74, 6) is -1.28. The molecule has 0 heterocycles. The second-order valence-electron chi connectivity index (χ2n) is 5.80. The van der Waals surface area contributed by atoms with E-state index in [9.17, 15) is 9.59 Å². The summed E-state index contributed by atoms with van der Waals surface area (Å²) < 4.78 is 5.07. The average Bonchev–Trinajstić information content (AvgIpc) is 2.57. The molecule has 122 valence electrons. The van der Waals surface area contributed by atoms with E-state index in [1.54, 1.807) is 0 Å². The number of carboxylic acid groups (broad SMARTS) is 1. The minimum atomic E-state index is -0.825. The molecule has 0 aliphatic heterocycles. The number of carbonyl (C=O) groups excluding carboxylic acids is 1. The predicted octanol–water partition coefficient (Wildman–Crippen LogP) is 3.70. The van der Waals surface area contributed by atoms with Gasteiger partial charge in [-0.05, 0) is 27.5 Å². The van der Waals surface area contributed by atoms with Gasteiger partial charge in [-0.1, -0.05) is 55.1 Å². The Balaban J connectivity index is 2.02. The highest BCUT2D eigenvalue weighted by Gasteiger charge is 2.22. The van der Waals surface area contributed by atoms with Crippen LogP contribution >= 0.6 is 0 Å². The summed E-state index contributed by atoms with van der Waals surface area (Å²) in [5.41, 5.74) is 2.85. The molecule has 4 nitrogen and oxygen atoms in total. The molecule has 0 saturated heterocycles. The Morgan fingerprint density at radius 2 is 2.08 bits per heavy atom. The maximum atomic E-state index is 11.9. The third-order valence-electron chi connectivity index (χ3n) is 4.19. The first-order valence-corrected chi connectivity index (χ1v) is 7.81. The van der Waals surface area contributed by atoms with Crippen molar-refractivity contribution < 1.29 is 19.4 Å². The summed E-state index contributed by atoms with van der Waals surface area (Å²) in [6.45, 7) is 3.73. The molecule has 0 saturated carbocycles. The second-order valence-corrected chi connectivity index (χ2v) is 5.80. The van der Waals surface area contributed by atoms with Crippen LogP contribution in [0.1, 0.15) is 29.0 Å². The molecule has 0 aromatic heterocycles. The zero-order valence-electron chi connectivity index (χ0n) is 13.2. The Kier molecular flexibility index (Phi) is 4.47. The van der Waals surface area contributed by atoms with Gasteiger partial charge in [0, 0.05) is 5.92 Å². The first-order chi connectivity index (χ1) is 11.6. The highest BCUT2D eigenvalue weighted by atomic mass is 16.5. The third-order valence-corrected chi connectivity index (χ3v) is 4.19. The Hall–Kier alpha value is -2.88. The molecule has 1 aliphatic rings. The largest absolute Gasteiger partial charge is 0.481 e. The van der Waals surface area contributed by atoms with Gasteiger partial charge in [-0.3, -0.25) is 9.59 Å². The lowest BCUT2D eigenvalue weighted by Crippen LogP contribution is -2.11. The van der Waals surface area contributed by atoms with Crippen molar-refractivity contribution in [3.8, 4) is 0 Å². The molecular formula is C20H18O4. The number of hydrogen-bond acceptors (Lipinski definition) is 3. The lowest BCUT2D eigenvalue weighted by atomic mass is 9.82. The maximum absolute atomic E-state index is 11.9. The third kappa shape index (κ3) is 3.08. The molecule has 3 rings (SSSR count). The summed E-state index contributed by atoms with van der Waals surface area (Å²) in [6, 6.07) is 9.79. The van der Waals surface area contributed by atoms with Crippen LogP contribution in [0.5, 0.6) is 0 Å². The molecule has 4 heteroatoms. The van der Waals surface area contributed by atoms with Gasteiger partial charge in [0.05, 0.1) is 12.8 Å². The molecule has 0 radical (unpaired) electrons. The van der Waals surface area contributed by atoms with E-state index in [2.05, 4.69) is 6.58 Å². The number of carbonyl (C=O) groups is 2. The van der Waals surface area contributed by atoms with Crippen LogP contribution in [0.2, 0.25) is 0 Å². The van der Waals surface area contributed by atoms with Crippen molar-refractivity contribution >= 4 is 28.8 Å². The summed E-state index contributed by atoms with van der Waals surface area (Å²) in [4.78, 5) is 23.0. The van der Waals surface area contributed by atoms with Crippen LogP contribution < -0.4 is 0 Å². The van der Waals surface area contributed by atoms with E-state index in [1.165, 1.54) is 6.08 Å². The molecule has 1 unspecified atom stereocenters. The number of allylic oxidation sites excluding steroid dienone is 1. The fourth-order valence-electron chi connectivity index (χ4n) is 3.17. The second kappa shape index (κ2) is 6.71. The highest BCUT2D eigenvalue weighted by molar-refractivity contribution is 5.98. The van der Waals surface area contributed by atoms with E-state index in [1.807, 2.05) is 42.5 Å². The van der Waals surface area contributed by atoms with Gasteiger partial charge in [-0.25, -0.2) is 0 Å². The Morgan fingerprint density at radius 1 is 1.25 bits per heavy atom. The summed E-state index contributed by atoms with van der Waals surface area (Å²) in [5, 5.41) is 11.2. The van der Waals surface area contributed by atoms with Gasteiger partial charge in [-0.15, -0.1) is 0 Å². The number of aliphatic carboxylic acids is 1. The van der Waals surface area contributed by atoms with Crippen molar-refractivity contribution in [3.05, 3.63) is 65.8 Å². The van der Waals surface area contributed by atoms with Gasteiger partial charge in [0.25, 0.3) is 0 Å². The molecule has 0 amide bonds. The van der Waals surface area contributed by atoms with Gasteiger partial charge in [0.2, 0.25) is 0 Å². The number of rotatable bonds is 6. The highest BCUT2D eigenvalue weighted by Crippen LogP contribution is 2.38. The predicted molar refractivity (Wildman–Crippen MR) is 92.8 cm³/mol. The zero-order valence-corrected chi connectivity index (χ0v) is 13.2. The Morgan fingerprint density at radius 3 is 2.83 bits per heavy atom. The van der Waals surface area contributed by atoms with Crippen LogP contribution in [0.15, 0.2) is 49.1 Å². The molecule has 2 aromatic rings. The van der Waals surface area contributed by atoms with Crippen molar-refractivity contribution in [1.82, 2.24) is 0 Å². The summed E-state index contributed by atoms with van der Waals surface area (Å²) >= 11 is 0. The normalized spacial score (nSPS) is 15.2. The Bertz CT molecular complexity index is 848. The topological polar surface area (TPSA) is 63.6 Å². The lowest BCUT2D eigenvalue weighted by molar-refractivity contribution is -0.141. The molecule has 1 N–H and O–H groups in total. The fraction of sp³-hybridized carbons (Fsp3) is 0.200. The summed E-state index contributed by atoms with van der Waals surface area (Å²) in [6.07, 6.45) is 5.61. The smallest absolute Gasteiger partial charge is 0.310 e. The van der Waals surface area contributed by atoms with Crippen molar-refractivity contribution in [3.63, 3.8) is 0 Å². The van der Waals surface area contributed by atoms with E-state index < -0.39 is 5.97 Å². The lowest BCUT2D eigenvalue weighted by Gasteiger charge is -2.22. The summed E-state index contributed by atoms with van der Waals surface area (Å²) in [7, 11) is 0. The first kappa shape index (κ1) is 16.0. The van der Waals surface area contributed by atoms with Crippen LogP contribution in [0.25, 0.3) is 16.8 Å². The molecule has 0 bridgehead atoms. The molecule has 1 aliphatic carbocycles. The van der Waals surface area contributed by atoms with Crippen LogP contribution in [-0.4, -0.2) is 23.7 Å². The maximum Gasteiger partial charge on any atom is 0.310 e. The molecule has 1 atom stereocenters. The number of hydrogen-bond donors (Lipinski definition) is 1. The first-order valence-electron chi connectivity index (χ1n) is 7.81. The van der Waals surface area contributed by atoms with Crippen molar-refractivity contribution in [2.24, 2.45) is 0 Å². The number of esters is 1. The number of benzene rings is 2. The van der Waals surface area contributed by atoms with Crippen LogP contribution in [0.3, 0.4) is 0 Å². The van der Waals surface area contributed by atoms with E-state index in [-0.39, 0.29) is 31.3 Å². The number of ether oxygens (including phenoxy) is 1. The SMILES string of the molecule is C=CCOC(=O)Cc1ccc2cccc3c2c1C=CC3CC(=O)O. The molecule has 0 fully saturated rings. The van der Waals surface area contributed by atoms with Crippen LogP contribution in [-0.2, 0) is 20.7 Å². The van der Waals surface area contributed by atoms with Gasteiger partial charge < -0.3 is 9.84 Å². The van der Waals surface area contributed by atoms with E-state index >= 15 is 0 Å². The van der Waals surface area contributed by atoms with Gasteiger partial charge >= 0.3 is 11.9 Å². The average molecular weight is 322 g/mol. The Labute approximate surface area is 140 Å². The number of carboxylic acids is 1. The van der Waals surface area contributed by atoms with Crippen LogP contribution in [0, 0.1) is 0 Å². The van der Waals surface area contributed by atoms with E-state index in [4.69, 9.17) is 9.84 Å². The van der Waals surface area contributed by atoms with Crippen LogP contribution in [0.4, 0.5) is 0 Å². The standard InChI is InChI=1S/C20H18O4/c1-2-10-24-19(23)12-15-7-6-13-4-3-5-16-14(11-18(21)22)8-9-17(15)20(13)16/h2-9,14H,1,10-12H2,(H,21,22).